The summed E-state index contributed by atoms with van der Waals surface area (Å²) in [6.45, 7) is 3.92. The number of aliphatic hydroxyl groups excluding tert-OH is 2. The van der Waals surface area contributed by atoms with Gasteiger partial charge in [0.25, 0.3) is 0 Å². The van der Waals surface area contributed by atoms with E-state index < -0.39 is 23.9 Å². The van der Waals surface area contributed by atoms with Crippen LogP contribution in [0.2, 0.25) is 0 Å². The van der Waals surface area contributed by atoms with E-state index in [1.54, 1.807) is 6.07 Å². The molecule has 1 aliphatic heterocycles. The Kier molecular flexibility index (Phi) is 9.33. The van der Waals surface area contributed by atoms with Gasteiger partial charge in [0.1, 0.15) is 0 Å². The van der Waals surface area contributed by atoms with Gasteiger partial charge in [-0.1, -0.05) is 30.2 Å². The number of imide groups is 1. The monoisotopic (exact) mass is 651 g/mol. The zero-order valence-electron chi connectivity index (χ0n) is 21.8. The number of aliphatic hydroxyl groups is 2. The van der Waals surface area contributed by atoms with Crippen LogP contribution < -0.4 is 4.74 Å². The van der Waals surface area contributed by atoms with Crippen molar-refractivity contribution < 1.29 is 29.6 Å². The Morgan fingerprint density at radius 2 is 2.08 bits per heavy atom. The SMILES string of the molecule is CC/C(=C\c1cc(I)c(O)c(OC)c1)CC[C@@H](O)C1=C(C)C[C@H]2C(=O)N(Cc3cccs3)C(=O)[C@H]2[C@H]1CO. The van der Waals surface area contributed by atoms with Crippen LogP contribution in [0.3, 0.4) is 0 Å². The number of hydrogen-bond donors (Lipinski definition) is 3. The highest BCUT2D eigenvalue weighted by molar-refractivity contribution is 14.1. The summed E-state index contributed by atoms with van der Waals surface area (Å²) >= 11 is 3.57. The van der Waals surface area contributed by atoms with E-state index in [2.05, 4.69) is 29.5 Å². The lowest BCUT2D eigenvalue weighted by molar-refractivity contribution is -0.140. The van der Waals surface area contributed by atoms with E-state index in [-0.39, 0.29) is 30.7 Å². The first-order valence-electron chi connectivity index (χ1n) is 12.8. The zero-order valence-corrected chi connectivity index (χ0v) is 24.8. The number of carbonyl (C=O) groups is 2. The molecule has 1 saturated heterocycles. The number of nitrogens with zero attached hydrogens (tertiary/aromatic N) is 1. The lowest BCUT2D eigenvalue weighted by Gasteiger charge is -2.35. The summed E-state index contributed by atoms with van der Waals surface area (Å²) in [5.41, 5.74) is 3.61. The standard InChI is InChI=1S/C29H34INO6S/c1-4-17(11-18-12-22(30)27(34)24(13-18)37-3)7-8-23(33)25-16(2)10-20-26(21(25)15-32)29(36)31(28(20)35)14-19-6-5-9-38-19/h5-6,9,11-13,20-21,23,26,32-34H,4,7-8,10,14-15H2,1-3H3/b17-11+/t20-,21+,23-,26-/m1/s1. The molecule has 9 heteroatoms. The first-order chi connectivity index (χ1) is 18.2. The Hall–Kier alpha value is -2.21. The molecule has 1 fully saturated rings. The molecule has 0 bridgehead atoms. The Labute approximate surface area is 241 Å². The van der Waals surface area contributed by atoms with E-state index in [4.69, 9.17) is 4.74 Å². The summed E-state index contributed by atoms with van der Waals surface area (Å²) in [6, 6.07) is 7.46. The second kappa shape index (κ2) is 12.3. The fraction of sp³-hybridized carbons (Fsp3) is 0.448. The Morgan fingerprint density at radius 1 is 1.32 bits per heavy atom. The van der Waals surface area contributed by atoms with Crippen LogP contribution in [0.15, 0.2) is 46.4 Å². The van der Waals surface area contributed by atoms with Gasteiger partial charge in [0.05, 0.1) is 41.8 Å². The Morgan fingerprint density at radius 3 is 2.71 bits per heavy atom. The van der Waals surface area contributed by atoms with Gasteiger partial charge < -0.3 is 20.1 Å². The predicted molar refractivity (Wildman–Crippen MR) is 156 cm³/mol. The molecule has 1 aliphatic carbocycles. The summed E-state index contributed by atoms with van der Waals surface area (Å²) in [4.78, 5) is 28.9. The molecule has 2 heterocycles. The number of methoxy groups -OCH3 is 1. The molecule has 2 aliphatic rings. The lowest BCUT2D eigenvalue weighted by Crippen LogP contribution is -2.38. The van der Waals surface area contributed by atoms with E-state index in [0.717, 1.165) is 28.0 Å². The van der Waals surface area contributed by atoms with Crippen molar-refractivity contribution in [2.24, 2.45) is 17.8 Å². The molecular formula is C29H34INO6S. The maximum Gasteiger partial charge on any atom is 0.234 e. The second-order valence-electron chi connectivity index (χ2n) is 9.97. The van der Waals surface area contributed by atoms with Gasteiger partial charge in [0.2, 0.25) is 11.8 Å². The van der Waals surface area contributed by atoms with Gasteiger partial charge in [-0.15, -0.1) is 11.3 Å². The maximum absolute atomic E-state index is 13.4. The topological polar surface area (TPSA) is 107 Å². The number of hydrogen-bond acceptors (Lipinski definition) is 7. The minimum absolute atomic E-state index is 0.112. The summed E-state index contributed by atoms with van der Waals surface area (Å²) in [7, 11) is 1.52. The number of ether oxygens (including phenoxy) is 1. The van der Waals surface area contributed by atoms with Gasteiger partial charge in [-0.25, -0.2) is 0 Å². The van der Waals surface area contributed by atoms with Crippen LogP contribution in [-0.4, -0.2) is 51.9 Å². The molecule has 2 amide bonds. The predicted octanol–water partition coefficient (Wildman–Crippen LogP) is 5.13. The molecule has 0 radical (unpaired) electrons. The molecule has 1 aromatic carbocycles. The molecule has 1 aromatic heterocycles. The quantitative estimate of drug-likeness (QED) is 0.187. The van der Waals surface area contributed by atoms with Crippen molar-refractivity contribution in [3.05, 3.63) is 60.4 Å². The minimum Gasteiger partial charge on any atom is -0.504 e. The van der Waals surface area contributed by atoms with Crippen LogP contribution >= 0.6 is 33.9 Å². The first-order valence-corrected chi connectivity index (χ1v) is 14.8. The molecule has 2 aromatic rings. The van der Waals surface area contributed by atoms with Crippen molar-refractivity contribution in [3.63, 3.8) is 0 Å². The second-order valence-corrected chi connectivity index (χ2v) is 12.2. The summed E-state index contributed by atoms with van der Waals surface area (Å²) in [5, 5.41) is 33.7. The average Bonchev–Trinajstić information content (AvgIpc) is 3.50. The van der Waals surface area contributed by atoms with E-state index in [0.29, 0.717) is 34.2 Å². The summed E-state index contributed by atoms with van der Waals surface area (Å²) < 4.78 is 5.96. The highest BCUT2D eigenvalue weighted by atomic mass is 127. The molecule has 7 nitrogen and oxygen atoms in total. The van der Waals surface area contributed by atoms with Crippen LogP contribution in [0.4, 0.5) is 0 Å². The molecule has 0 unspecified atom stereocenters. The van der Waals surface area contributed by atoms with Gasteiger partial charge in [-0.3, -0.25) is 14.5 Å². The largest absolute Gasteiger partial charge is 0.504 e. The van der Waals surface area contributed by atoms with Gasteiger partial charge in [-0.2, -0.15) is 0 Å². The van der Waals surface area contributed by atoms with Gasteiger partial charge in [-0.05, 0) is 89.9 Å². The number of benzene rings is 1. The van der Waals surface area contributed by atoms with Gasteiger partial charge >= 0.3 is 0 Å². The molecule has 0 saturated carbocycles. The van der Waals surface area contributed by atoms with Crippen molar-refractivity contribution >= 4 is 51.8 Å². The number of allylic oxidation sites excluding steroid dienone is 2. The van der Waals surface area contributed by atoms with Crippen molar-refractivity contribution in [2.75, 3.05) is 13.7 Å². The number of thiophene rings is 1. The third-order valence-corrected chi connectivity index (χ3v) is 9.39. The molecular weight excluding hydrogens is 617 g/mol. The van der Waals surface area contributed by atoms with Crippen LogP contribution in [0.25, 0.3) is 6.08 Å². The van der Waals surface area contributed by atoms with Crippen molar-refractivity contribution in [1.29, 1.82) is 0 Å². The number of amides is 2. The number of aromatic hydroxyl groups is 1. The molecule has 0 spiro atoms. The first kappa shape index (κ1) is 28.8. The van der Waals surface area contributed by atoms with Crippen LogP contribution in [0, 0.1) is 21.3 Å². The van der Waals surface area contributed by atoms with Crippen molar-refractivity contribution in [2.45, 2.75) is 52.2 Å². The van der Waals surface area contributed by atoms with E-state index in [1.807, 2.05) is 36.6 Å². The molecule has 3 N–H and O–H groups in total. The normalized spacial score (nSPS) is 22.7. The maximum atomic E-state index is 13.4. The molecule has 4 atom stereocenters. The van der Waals surface area contributed by atoms with Crippen LogP contribution in [-0.2, 0) is 16.1 Å². The summed E-state index contributed by atoms with van der Waals surface area (Å²) in [5.74, 6) is -1.64. The number of fused-ring (bicyclic) bond motifs is 1. The Bertz CT molecular complexity index is 1250. The van der Waals surface area contributed by atoms with Crippen molar-refractivity contribution in [3.8, 4) is 11.5 Å². The average molecular weight is 652 g/mol. The van der Waals surface area contributed by atoms with E-state index in [9.17, 15) is 24.9 Å². The molecule has 38 heavy (non-hydrogen) atoms. The number of carbonyl (C=O) groups excluding carboxylic acids is 2. The highest BCUT2D eigenvalue weighted by Crippen LogP contribution is 2.46. The van der Waals surface area contributed by atoms with Crippen molar-refractivity contribution in [1.82, 2.24) is 4.90 Å². The fourth-order valence-electron chi connectivity index (χ4n) is 5.79. The van der Waals surface area contributed by atoms with Crippen LogP contribution in [0.1, 0.15) is 50.0 Å². The number of likely N-dealkylation sites (tertiary alicyclic amines) is 1. The Balaban J connectivity index is 1.51. The summed E-state index contributed by atoms with van der Waals surface area (Å²) in [6.07, 6.45) is 3.47. The molecule has 204 valence electrons. The lowest BCUT2D eigenvalue weighted by atomic mass is 9.68. The number of rotatable bonds is 10. The van der Waals surface area contributed by atoms with E-state index in [1.165, 1.54) is 23.3 Å². The van der Waals surface area contributed by atoms with Gasteiger partial charge in [0.15, 0.2) is 11.5 Å². The number of halogens is 1. The number of phenolic OH excluding ortho intramolecular Hbond substituents is 1. The van der Waals surface area contributed by atoms with E-state index >= 15 is 0 Å². The van der Waals surface area contributed by atoms with Gasteiger partial charge in [0, 0.05) is 10.8 Å². The smallest absolute Gasteiger partial charge is 0.234 e. The fourth-order valence-corrected chi connectivity index (χ4v) is 7.11. The minimum atomic E-state index is -0.827. The third kappa shape index (κ3) is 5.71. The van der Waals surface area contributed by atoms with Crippen LogP contribution in [0.5, 0.6) is 11.5 Å². The third-order valence-electron chi connectivity index (χ3n) is 7.70. The zero-order chi connectivity index (χ0) is 27.6. The highest BCUT2D eigenvalue weighted by Gasteiger charge is 2.54. The number of phenols is 1. The molecule has 4 rings (SSSR count).